The summed E-state index contributed by atoms with van der Waals surface area (Å²) in [6.45, 7) is 5.32. The fourth-order valence-corrected chi connectivity index (χ4v) is 4.71. The van der Waals surface area contributed by atoms with E-state index in [1.807, 2.05) is 18.5 Å². The number of piperidine rings is 1. The minimum absolute atomic E-state index is 0.0198. The Balaban J connectivity index is 1.37. The van der Waals surface area contributed by atoms with Crippen LogP contribution in [0.4, 0.5) is 0 Å². The number of carbonyl (C=O) groups excluding carboxylic acids is 1. The third-order valence-electron chi connectivity index (χ3n) is 6.37. The monoisotopic (exact) mass is 355 g/mol. The second kappa shape index (κ2) is 7.78. The summed E-state index contributed by atoms with van der Waals surface area (Å²) in [5, 5.41) is 3.10. The highest BCUT2D eigenvalue weighted by molar-refractivity contribution is 5.97. The number of amides is 1. The molecule has 0 bridgehead atoms. The van der Waals surface area contributed by atoms with Crippen LogP contribution in [0.3, 0.4) is 0 Å². The number of quaternary nitrogens is 1. The number of nitrogens with zero attached hydrogens (tertiary/aromatic N) is 2. The van der Waals surface area contributed by atoms with E-state index in [2.05, 4.69) is 27.9 Å². The van der Waals surface area contributed by atoms with Gasteiger partial charge in [-0.25, -0.2) is 4.98 Å². The smallest absolute Gasteiger partial charge is 0.251 e. The van der Waals surface area contributed by atoms with E-state index in [1.165, 1.54) is 51.5 Å². The lowest BCUT2D eigenvalue weighted by atomic mass is 10.0. The molecule has 5 nitrogen and oxygen atoms in total. The molecular weight excluding hydrogens is 324 g/mol. The topological polar surface area (TPSA) is 51.4 Å². The van der Waals surface area contributed by atoms with Crippen molar-refractivity contribution in [1.82, 2.24) is 14.9 Å². The molecule has 4 rings (SSSR count). The van der Waals surface area contributed by atoms with Gasteiger partial charge in [0.2, 0.25) is 0 Å². The van der Waals surface area contributed by atoms with E-state index >= 15 is 0 Å². The minimum atomic E-state index is 0.0198. The van der Waals surface area contributed by atoms with Crippen molar-refractivity contribution in [2.75, 3.05) is 19.6 Å². The fraction of sp³-hybridized carbons (Fsp3) is 0.619. The molecule has 1 amide bonds. The van der Waals surface area contributed by atoms with Crippen molar-refractivity contribution in [3.8, 4) is 0 Å². The maximum atomic E-state index is 12.5. The number of fused-ring (bicyclic) bond motifs is 1. The molecule has 140 valence electrons. The molecule has 0 spiro atoms. The molecule has 2 N–H and O–H groups in total. The number of benzene rings is 1. The molecule has 1 saturated carbocycles. The molecule has 1 aliphatic heterocycles. The average Bonchev–Trinajstić information content (AvgIpc) is 3.31. The van der Waals surface area contributed by atoms with Gasteiger partial charge < -0.3 is 14.8 Å². The van der Waals surface area contributed by atoms with Crippen molar-refractivity contribution in [1.29, 1.82) is 0 Å². The molecule has 5 heteroatoms. The number of rotatable bonds is 5. The van der Waals surface area contributed by atoms with Gasteiger partial charge in [0.25, 0.3) is 5.91 Å². The SMILES string of the molecule is CC1CCCC[NH+]1CCNC(=O)c1ccc2c(c1)ncn2C1CCCC1. The second-order valence-electron chi connectivity index (χ2n) is 8.10. The predicted octanol–water partition coefficient (Wildman–Crippen LogP) is 2.34. The van der Waals surface area contributed by atoms with Gasteiger partial charge in [-0.05, 0) is 57.2 Å². The Hall–Kier alpha value is -1.88. The molecule has 1 aromatic carbocycles. The number of hydrogen-bond donors (Lipinski definition) is 2. The summed E-state index contributed by atoms with van der Waals surface area (Å²) in [6, 6.07) is 7.24. The summed E-state index contributed by atoms with van der Waals surface area (Å²) in [4.78, 5) is 18.7. The van der Waals surface area contributed by atoms with Crippen LogP contribution >= 0.6 is 0 Å². The Morgan fingerprint density at radius 1 is 1.23 bits per heavy atom. The summed E-state index contributed by atoms with van der Waals surface area (Å²) < 4.78 is 2.30. The number of carbonyl (C=O) groups is 1. The van der Waals surface area contributed by atoms with Crippen molar-refractivity contribution in [2.24, 2.45) is 0 Å². The van der Waals surface area contributed by atoms with Crippen molar-refractivity contribution in [3.63, 3.8) is 0 Å². The third-order valence-corrected chi connectivity index (χ3v) is 6.37. The lowest BCUT2D eigenvalue weighted by molar-refractivity contribution is -0.927. The Labute approximate surface area is 155 Å². The molecule has 1 aromatic heterocycles. The number of aromatic nitrogens is 2. The summed E-state index contributed by atoms with van der Waals surface area (Å²) in [7, 11) is 0. The normalized spacial score (nSPS) is 24.2. The van der Waals surface area contributed by atoms with Crippen LogP contribution in [-0.4, -0.2) is 41.1 Å². The fourth-order valence-electron chi connectivity index (χ4n) is 4.71. The molecule has 2 aromatic rings. The van der Waals surface area contributed by atoms with Crippen molar-refractivity contribution < 1.29 is 9.69 Å². The van der Waals surface area contributed by atoms with Gasteiger partial charge in [0.1, 0.15) is 0 Å². The van der Waals surface area contributed by atoms with Gasteiger partial charge in [-0.2, -0.15) is 0 Å². The van der Waals surface area contributed by atoms with Gasteiger partial charge in [0.15, 0.2) is 0 Å². The lowest BCUT2D eigenvalue weighted by Crippen LogP contribution is -3.16. The van der Waals surface area contributed by atoms with E-state index in [0.717, 1.165) is 35.7 Å². The minimum Gasteiger partial charge on any atom is -0.346 e. The van der Waals surface area contributed by atoms with Gasteiger partial charge in [-0.3, -0.25) is 4.79 Å². The number of imidazole rings is 1. The first kappa shape index (κ1) is 17.5. The van der Waals surface area contributed by atoms with E-state index in [4.69, 9.17) is 0 Å². The van der Waals surface area contributed by atoms with Gasteiger partial charge in [-0.1, -0.05) is 12.8 Å². The zero-order valence-corrected chi connectivity index (χ0v) is 15.8. The molecule has 2 fully saturated rings. The molecule has 1 aliphatic carbocycles. The zero-order chi connectivity index (χ0) is 17.9. The third kappa shape index (κ3) is 3.63. The molecule has 2 unspecified atom stereocenters. The van der Waals surface area contributed by atoms with Gasteiger partial charge in [-0.15, -0.1) is 0 Å². The number of likely N-dealkylation sites (tertiary alicyclic amines) is 1. The molecule has 2 aliphatic rings. The Morgan fingerprint density at radius 2 is 2.04 bits per heavy atom. The van der Waals surface area contributed by atoms with Crippen LogP contribution in [0.25, 0.3) is 11.0 Å². The van der Waals surface area contributed by atoms with Crippen LogP contribution in [0.15, 0.2) is 24.5 Å². The Kier molecular flexibility index (Phi) is 5.25. The summed E-state index contributed by atoms with van der Waals surface area (Å²) in [5.41, 5.74) is 2.80. The van der Waals surface area contributed by atoms with Crippen molar-refractivity contribution in [3.05, 3.63) is 30.1 Å². The molecule has 2 atom stereocenters. The first-order valence-corrected chi connectivity index (χ1v) is 10.3. The Bertz CT molecular complexity index is 762. The second-order valence-corrected chi connectivity index (χ2v) is 8.10. The maximum Gasteiger partial charge on any atom is 0.251 e. The van der Waals surface area contributed by atoms with E-state index < -0.39 is 0 Å². The standard InChI is InChI=1S/C21H30N4O/c1-16-6-4-5-12-24(16)13-11-22-21(26)17-9-10-20-19(14-17)23-15-25(20)18-7-2-3-8-18/h9-10,14-16,18H,2-8,11-13H2,1H3,(H,22,26)/p+1. The van der Waals surface area contributed by atoms with E-state index in [1.54, 1.807) is 4.90 Å². The van der Waals surface area contributed by atoms with Crippen LogP contribution in [0.5, 0.6) is 0 Å². The first-order chi connectivity index (χ1) is 12.7. The summed E-state index contributed by atoms with van der Waals surface area (Å²) >= 11 is 0. The quantitative estimate of drug-likeness (QED) is 0.865. The van der Waals surface area contributed by atoms with Crippen LogP contribution in [0.1, 0.15) is 68.3 Å². The van der Waals surface area contributed by atoms with Gasteiger partial charge >= 0.3 is 0 Å². The van der Waals surface area contributed by atoms with E-state index in [9.17, 15) is 4.79 Å². The summed E-state index contributed by atoms with van der Waals surface area (Å²) in [5.74, 6) is 0.0198. The lowest BCUT2D eigenvalue weighted by Gasteiger charge is -2.30. The highest BCUT2D eigenvalue weighted by Crippen LogP contribution is 2.32. The number of nitrogens with one attached hydrogen (secondary N) is 2. The maximum absolute atomic E-state index is 12.5. The molecular formula is C21H31N4O+. The average molecular weight is 356 g/mol. The molecule has 1 saturated heterocycles. The van der Waals surface area contributed by atoms with Crippen molar-refractivity contribution in [2.45, 2.75) is 64.0 Å². The molecule has 26 heavy (non-hydrogen) atoms. The Morgan fingerprint density at radius 3 is 2.85 bits per heavy atom. The van der Waals surface area contributed by atoms with Crippen molar-refractivity contribution >= 4 is 16.9 Å². The van der Waals surface area contributed by atoms with Crippen LogP contribution in [-0.2, 0) is 0 Å². The van der Waals surface area contributed by atoms with E-state index in [-0.39, 0.29) is 5.91 Å². The highest BCUT2D eigenvalue weighted by atomic mass is 16.1. The van der Waals surface area contributed by atoms with Crippen LogP contribution in [0, 0.1) is 0 Å². The van der Waals surface area contributed by atoms with E-state index in [0.29, 0.717) is 6.04 Å². The number of hydrogen-bond acceptors (Lipinski definition) is 2. The first-order valence-electron chi connectivity index (χ1n) is 10.3. The molecule has 2 heterocycles. The summed E-state index contributed by atoms with van der Waals surface area (Å²) in [6.07, 6.45) is 11.0. The van der Waals surface area contributed by atoms with Crippen LogP contribution in [0.2, 0.25) is 0 Å². The largest absolute Gasteiger partial charge is 0.346 e. The van der Waals surface area contributed by atoms with Gasteiger partial charge in [0, 0.05) is 11.6 Å². The predicted molar refractivity (Wildman–Crippen MR) is 104 cm³/mol. The van der Waals surface area contributed by atoms with Gasteiger partial charge in [0.05, 0.1) is 43.0 Å². The van der Waals surface area contributed by atoms with Crippen LogP contribution < -0.4 is 10.2 Å². The molecule has 0 radical (unpaired) electrons. The zero-order valence-electron chi connectivity index (χ0n) is 15.8. The highest BCUT2D eigenvalue weighted by Gasteiger charge is 2.22.